The summed E-state index contributed by atoms with van der Waals surface area (Å²) in [6.07, 6.45) is 8.12. The normalized spacial score (nSPS) is 13.0. The van der Waals surface area contributed by atoms with Crippen molar-refractivity contribution in [3.8, 4) is 0 Å². The Kier molecular flexibility index (Phi) is 7.05. The van der Waals surface area contributed by atoms with Gasteiger partial charge < -0.3 is 0 Å². The van der Waals surface area contributed by atoms with Crippen LogP contribution in [0.5, 0.6) is 0 Å². The molecular weight excluding hydrogens is 359 g/mol. The SMILES string of the molecule is CCCCCCCCP(O)(c1ccccc1)(c1ccccc1)c1ccccc1. The molecule has 1 N–H and O–H groups in total. The van der Waals surface area contributed by atoms with Crippen LogP contribution < -0.4 is 15.9 Å². The fraction of sp³-hybridized carbons (Fsp3) is 0.308. The van der Waals surface area contributed by atoms with E-state index in [2.05, 4.69) is 79.7 Å². The molecule has 0 bridgehead atoms. The Bertz CT molecular complexity index is 731. The maximum absolute atomic E-state index is 12.9. The van der Waals surface area contributed by atoms with Gasteiger partial charge in [0, 0.05) is 0 Å². The van der Waals surface area contributed by atoms with E-state index < -0.39 is 6.83 Å². The summed E-state index contributed by atoms with van der Waals surface area (Å²) in [6.45, 7) is -1.25. The van der Waals surface area contributed by atoms with E-state index in [1.165, 1.54) is 32.1 Å². The van der Waals surface area contributed by atoms with Crippen molar-refractivity contribution in [3.05, 3.63) is 91.0 Å². The summed E-state index contributed by atoms with van der Waals surface area (Å²) < 4.78 is 0. The molecular formula is C26H33OP. The zero-order valence-corrected chi connectivity index (χ0v) is 17.9. The van der Waals surface area contributed by atoms with Gasteiger partial charge in [0.15, 0.2) is 0 Å². The van der Waals surface area contributed by atoms with Crippen LogP contribution in [0.1, 0.15) is 45.4 Å². The molecule has 0 heterocycles. The van der Waals surface area contributed by atoms with Crippen LogP contribution in [0.4, 0.5) is 0 Å². The quantitative estimate of drug-likeness (QED) is 0.342. The van der Waals surface area contributed by atoms with Crippen LogP contribution >= 0.6 is 6.83 Å². The van der Waals surface area contributed by atoms with E-state index in [1.807, 2.05) is 18.2 Å². The Morgan fingerprint density at radius 1 is 0.536 bits per heavy atom. The molecule has 0 radical (unpaired) electrons. The average molecular weight is 393 g/mol. The average Bonchev–Trinajstić information content (AvgIpc) is 2.78. The molecule has 3 aromatic rings. The van der Waals surface area contributed by atoms with Gasteiger partial charge in [0.25, 0.3) is 0 Å². The first-order valence-corrected chi connectivity index (χ1v) is 13.0. The van der Waals surface area contributed by atoms with Crippen LogP contribution in [0.2, 0.25) is 0 Å². The van der Waals surface area contributed by atoms with E-state index in [-0.39, 0.29) is 0 Å². The molecule has 0 spiro atoms. The van der Waals surface area contributed by atoms with Crippen molar-refractivity contribution in [2.24, 2.45) is 0 Å². The van der Waals surface area contributed by atoms with Gasteiger partial charge in [0.05, 0.1) is 0 Å². The van der Waals surface area contributed by atoms with Gasteiger partial charge in [-0.05, 0) is 0 Å². The topological polar surface area (TPSA) is 20.2 Å². The predicted octanol–water partition coefficient (Wildman–Crippen LogP) is 5.78. The van der Waals surface area contributed by atoms with Crippen LogP contribution in [-0.4, -0.2) is 11.1 Å². The Labute approximate surface area is 170 Å². The van der Waals surface area contributed by atoms with Crippen molar-refractivity contribution in [2.45, 2.75) is 45.4 Å². The van der Waals surface area contributed by atoms with Crippen LogP contribution in [0.15, 0.2) is 91.0 Å². The summed E-state index contributed by atoms with van der Waals surface area (Å²) in [7, 11) is 0. The summed E-state index contributed by atoms with van der Waals surface area (Å²) >= 11 is 0. The van der Waals surface area contributed by atoms with Gasteiger partial charge in [0.1, 0.15) is 0 Å². The third kappa shape index (κ3) is 4.07. The molecule has 0 atom stereocenters. The molecule has 0 fully saturated rings. The number of hydrogen-bond donors (Lipinski definition) is 1. The van der Waals surface area contributed by atoms with Crippen LogP contribution in [0.25, 0.3) is 0 Å². The molecule has 0 amide bonds. The van der Waals surface area contributed by atoms with Crippen molar-refractivity contribution in [1.82, 2.24) is 0 Å². The molecule has 0 aliphatic heterocycles. The molecule has 28 heavy (non-hydrogen) atoms. The second-order valence-corrected chi connectivity index (χ2v) is 12.2. The van der Waals surface area contributed by atoms with Crippen LogP contribution in [0.3, 0.4) is 0 Å². The van der Waals surface area contributed by atoms with Gasteiger partial charge in [0.2, 0.25) is 0 Å². The number of rotatable bonds is 10. The Morgan fingerprint density at radius 2 is 0.893 bits per heavy atom. The van der Waals surface area contributed by atoms with Crippen molar-refractivity contribution >= 4 is 22.7 Å². The van der Waals surface area contributed by atoms with Gasteiger partial charge in [-0.25, -0.2) is 0 Å². The standard InChI is InChI=1S/C26H33OP/c1-2-3-4-5-6-16-23-28(27,24-17-10-7-11-18-24,25-19-12-8-13-20-25)26-21-14-9-15-22-26/h7-15,17-22,27H,2-6,16,23H2,1H3. The predicted molar refractivity (Wildman–Crippen MR) is 126 cm³/mol. The third-order valence-electron chi connectivity index (χ3n) is 5.88. The number of hydrogen-bond acceptors (Lipinski definition) is 1. The molecule has 3 aromatic carbocycles. The van der Waals surface area contributed by atoms with Crippen molar-refractivity contribution in [3.63, 3.8) is 0 Å². The van der Waals surface area contributed by atoms with Crippen LogP contribution in [-0.2, 0) is 0 Å². The van der Waals surface area contributed by atoms with E-state index >= 15 is 0 Å². The first-order chi connectivity index (χ1) is 13.7. The molecule has 2 heteroatoms. The van der Waals surface area contributed by atoms with Crippen LogP contribution in [0, 0.1) is 0 Å². The van der Waals surface area contributed by atoms with E-state index in [0.717, 1.165) is 28.5 Å². The van der Waals surface area contributed by atoms with Gasteiger partial charge in [-0.1, -0.05) is 0 Å². The van der Waals surface area contributed by atoms with Crippen molar-refractivity contribution in [2.75, 3.05) is 6.16 Å². The van der Waals surface area contributed by atoms with E-state index in [1.54, 1.807) is 0 Å². The monoisotopic (exact) mass is 392 g/mol. The molecule has 0 aromatic heterocycles. The Morgan fingerprint density at radius 3 is 1.29 bits per heavy atom. The molecule has 0 aliphatic rings. The van der Waals surface area contributed by atoms with Gasteiger partial charge in [-0.3, -0.25) is 0 Å². The first kappa shape index (κ1) is 20.8. The zero-order valence-electron chi connectivity index (χ0n) is 17.0. The molecule has 0 unspecified atom stereocenters. The van der Waals surface area contributed by atoms with Gasteiger partial charge in [-0.2, -0.15) is 0 Å². The molecule has 0 saturated heterocycles. The number of unbranched alkanes of at least 4 members (excludes halogenated alkanes) is 5. The van der Waals surface area contributed by atoms with Crippen molar-refractivity contribution in [1.29, 1.82) is 0 Å². The molecule has 0 saturated carbocycles. The summed E-state index contributed by atoms with van der Waals surface area (Å²) in [5.74, 6) is 0. The van der Waals surface area contributed by atoms with E-state index in [0.29, 0.717) is 0 Å². The fourth-order valence-corrected chi connectivity index (χ4v) is 9.23. The second kappa shape index (κ2) is 9.50. The molecule has 0 aliphatic carbocycles. The Hall–Kier alpha value is -1.95. The zero-order chi connectivity index (χ0) is 19.7. The molecule has 148 valence electrons. The van der Waals surface area contributed by atoms with Gasteiger partial charge in [-0.15, -0.1) is 0 Å². The van der Waals surface area contributed by atoms with E-state index in [4.69, 9.17) is 0 Å². The first-order valence-electron chi connectivity index (χ1n) is 10.6. The number of benzene rings is 3. The van der Waals surface area contributed by atoms with Gasteiger partial charge >= 0.3 is 170 Å². The Balaban J connectivity index is 2.08. The van der Waals surface area contributed by atoms with E-state index in [9.17, 15) is 4.89 Å². The summed E-state index contributed by atoms with van der Waals surface area (Å²) in [5.41, 5.74) is 0. The summed E-state index contributed by atoms with van der Waals surface area (Å²) in [6, 6.07) is 31.2. The third-order valence-corrected chi connectivity index (χ3v) is 11.3. The molecule has 1 nitrogen and oxygen atoms in total. The maximum atomic E-state index is 12.9. The minimum absolute atomic E-state index is 0.801. The summed E-state index contributed by atoms with van der Waals surface area (Å²) in [5, 5.41) is 3.21. The molecule has 3 rings (SSSR count). The fourth-order valence-electron chi connectivity index (χ4n) is 4.28. The second-order valence-electron chi connectivity index (χ2n) is 7.75. The minimum atomic E-state index is -3.50. The van der Waals surface area contributed by atoms with Crippen molar-refractivity contribution < 1.29 is 4.89 Å². The summed E-state index contributed by atoms with van der Waals surface area (Å²) in [4.78, 5) is 12.9.